The van der Waals surface area contributed by atoms with Gasteiger partial charge in [0.15, 0.2) is 11.4 Å². The Hall–Kier alpha value is -2.39. The zero-order valence-electron chi connectivity index (χ0n) is 16.1. The Kier molecular flexibility index (Phi) is 6.34. The maximum absolute atomic E-state index is 13.0. The fourth-order valence-electron chi connectivity index (χ4n) is 3.03. The van der Waals surface area contributed by atoms with Crippen LogP contribution in [-0.2, 0) is 4.74 Å². The molecule has 164 valence electrons. The third kappa shape index (κ3) is 4.34. The van der Waals surface area contributed by atoms with E-state index in [-0.39, 0.29) is 10.9 Å². The number of aryl methyl sites for hydroxylation is 1. The van der Waals surface area contributed by atoms with Gasteiger partial charge < -0.3 is 30.5 Å². The number of carbonyl (C=O) groups excluding carboxylic acids is 1. The van der Waals surface area contributed by atoms with Crippen LogP contribution >= 0.6 is 22.7 Å². The highest BCUT2D eigenvalue weighted by atomic mass is 32.1. The van der Waals surface area contributed by atoms with Gasteiger partial charge in [0.05, 0.1) is 34.4 Å². The molecule has 31 heavy (non-hydrogen) atoms. The maximum atomic E-state index is 13.0. The van der Waals surface area contributed by atoms with Crippen LogP contribution in [0, 0.1) is 6.92 Å². The topological polar surface area (TPSA) is 171 Å². The summed E-state index contributed by atoms with van der Waals surface area (Å²) in [6, 6.07) is 0. The first-order chi connectivity index (χ1) is 14.9. The number of anilines is 1. The number of ketones is 1. The van der Waals surface area contributed by atoms with E-state index in [4.69, 9.17) is 4.74 Å². The van der Waals surface area contributed by atoms with Crippen LogP contribution in [0.3, 0.4) is 0 Å². The molecule has 1 fully saturated rings. The molecular weight excluding hydrogens is 446 g/mol. The smallest absolute Gasteiger partial charge is 0.216 e. The van der Waals surface area contributed by atoms with Gasteiger partial charge >= 0.3 is 0 Å². The molecule has 11 nitrogen and oxygen atoms in total. The van der Waals surface area contributed by atoms with Gasteiger partial charge in [0.1, 0.15) is 35.1 Å². The van der Waals surface area contributed by atoms with E-state index in [9.17, 15) is 25.2 Å². The second-order valence-corrected chi connectivity index (χ2v) is 8.81. The average Bonchev–Trinajstić information content (AvgIpc) is 3.41. The molecule has 0 saturated carbocycles. The second kappa shape index (κ2) is 9.00. The summed E-state index contributed by atoms with van der Waals surface area (Å²) in [4.78, 5) is 30.5. The van der Waals surface area contributed by atoms with E-state index < -0.39 is 37.3 Å². The molecule has 3 aromatic heterocycles. The minimum atomic E-state index is -1.51. The highest BCUT2D eigenvalue weighted by Gasteiger charge is 2.43. The van der Waals surface area contributed by atoms with Gasteiger partial charge in [-0.25, -0.2) is 9.97 Å². The first kappa shape index (κ1) is 21.8. The normalized spacial score (nSPS) is 26.0. The van der Waals surface area contributed by atoms with E-state index in [0.29, 0.717) is 26.1 Å². The summed E-state index contributed by atoms with van der Waals surface area (Å²) in [6.45, 7) is 1.20. The van der Waals surface area contributed by atoms with E-state index in [2.05, 4.69) is 25.3 Å². The van der Waals surface area contributed by atoms with Crippen molar-refractivity contribution in [3.05, 3.63) is 40.2 Å². The molecule has 0 bridgehead atoms. The molecule has 3 aromatic rings. The van der Waals surface area contributed by atoms with Gasteiger partial charge in [-0.2, -0.15) is 0 Å². The number of aromatic nitrogens is 4. The number of nitrogens with zero attached hydrogens (tertiary/aromatic N) is 4. The van der Waals surface area contributed by atoms with Gasteiger partial charge in [-0.1, -0.05) is 11.3 Å². The molecule has 1 aliphatic rings. The fourth-order valence-corrected chi connectivity index (χ4v) is 4.86. The number of thiazole rings is 2. The number of hydrogen-bond donors (Lipinski definition) is 5. The highest BCUT2D eigenvalue weighted by Crippen LogP contribution is 2.31. The molecule has 5 atom stereocenters. The zero-order valence-corrected chi connectivity index (χ0v) is 17.7. The molecular formula is C18H19N5O6S2. The van der Waals surface area contributed by atoms with Crippen LogP contribution in [0.5, 0.6) is 0 Å². The molecule has 4 rings (SSSR count). The van der Waals surface area contributed by atoms with Crippen molar-refractivity contribution in [2.45, 2.75) is 37.6 Å². The quantitative estimate of drug-likeness (QED) is 0.306. The first-order valence-electron chi connectivity index (χ1n) is 9.20. The van der Waals surface area contributed by atoms with E-state index in [1.165, 1.54) is 17.5 Å². The van der Waals surface area contributed by atoms with Crippen LogP contribution < -0.4 is 5.32 Å². The average molecular weight is 466 g/mol. The van der Waals surface area contributed by atoms with Crippen LogP contribution in [0.1, 0.15) is 20.2 Å². The van der Waals surface area contributed by atoms with Crippen LogP contribution in [0.25, 0.3) is 10.7 Å². The lowest BCUT2D eigenvalue weighted by molar-refractivity contribution is -0.221. The number of ether oxygens (including phenoxy) is 1. The molecule has 1 aliphatic heterocycles. The molecule has 0 amide bonds. The van der Waals surface area contributed by atoms with Crippen molar-refractivity contribution in [2.24, 2.45) is 0 Å². The van der Waals surface area contributed by atoms with Crippen LogP contribution in [0.2, 0.25) is 0 Å². The predicted octanol–water partition coefficient (Wildman–Crippen LogP) is -0.192. The van der Waals surface area contributed by atoms with Gasteiger partial charge in [0.25, 0.3) is 0 Å². The van der Waals surface area contributed by atoms with Crippen LogP contribution in [-0.4, -0.2) is 83.4 Å². The summed E-state index contributed by atoms with van der Waals surface area (Å²) in [6.07, 6.45) is -0.533. The van der Waals surface area contributed by atoms with E-state index in [0.717, 1.165) is 11.3 Å². The zero-order chi connectivity index (χ0) is 22.1. The van der Waals surface area contributed by atoms with Gasteiger partial charge in [-0.05, 0) is 6.92 Å². The molecule has 1 saturated heterocycles. The number of carbonyl (C=O) groups is 1. The Balaban J connectivity index is 1.50. The van der Waals surface area contributed by atoms with E-state index >= 15 is 0 Å². The number of nitrogens with one attached hydrogen (secondary N) is 1. The lowest BCUT2D eigenvalue weighted by Gasteiger charge is -2.40. The summed E-state index contributed by atoms with van der Waals surface area (Å²) < 4.78 is 5.40. The minimum absolute atomic E-state index is 0.260. The van der Waals surface area contributed by atoms with Gasteiger partial charge in [0, 0.05) is 12.4 Å². The third-order valence-corrected chi connectivity index (χ3v) is 6.78. The molecule has 5 N–H and O–H groups in total. The molecule has 0 radical (unpaired) electrons. The highest BCUT2D eigenvalue weighted by molar-refractivity contribution is 7.20. The molecule has 13 heteroatoms. The Morgan fingerprint density at radius 1 is 1.13 bits per heavy atom. The van der Waals surface area contributed by atoms with Crippen molar-refractivity contribution >= 4 is 33.6 Å². The summed E-state index contributed by atoms with van der Waals surface area (Å²) in [7, 11) is 0. The van der Waals surface area contributed by atoms with Gasteiger partial charge in [0.2, 0.25) is 5.78 Å². The third-order valence-electron chi connectivity index (χ3n) is 4.67. The Morgan fingerprint density at radius 3 is 2.65 bits per heavy atom. The van der Waals surface area contributed by atoms with Crippen molar-refractivity contribution in [1.82, 2.24) is 19.9 Å². The first-order valence-corrected chi connectivity index (χ1v) is 10.8. The molecule has 4 heterocycles. The number of aliphatic hydroxyl groups excluding tert-OH is 4. The molecule has 2 unspecified atom stereocenters. The summed E-state index contributed by atoms with van der Waals surface area (Å²) in [5.41, 5.74) is 1.14. The lowest BCUT2D eigenvalue weighted by Crippen LogP contribution is -2.60. The van der Waals surface area contributed by atoms with Crippen molar-refractivity contribution in [3.63, 3.8) is 0 Å². The SMILES string of the molecule is Cc1nc(-c2cnccn2)sc1C(=O)c1cnc(N[C@H]2OC(CO)[C@@H](O)[C@H](O)C2O)s1. The van der Waals surface area contributed by atoms with Crippen molar-refractivity contribution in [1.29, 1.82) is 0 Å². The molecule has 0 aromatic carbocycles. The second-order valence-electron chi connectivity index (χ2n) is 6.78. The summed E-state index contributed by atoms with van der Waals surface area (Å²) in [5.74, 6) is -0.260. The van der Waals surface area contributed by atoms with Gasteiger partial charge in [-0.3, -0.25) is 14.8 Å². The standard InChI is InChI=1S/C18H19N5O6S2/c1-7-15(31-17(22-7)8-4-19-2-3-20-8)12(26)10-5-21-18(30-10)23-16-14(28)13(27)11(25)9(6-24)29-16/h2-5,9,11,13-14,16,24-25,27-28H,6H2,1H3,(H,21,23)/t9?,11-,13+,14?,16+/m1/s1. The molecule has 0 aliphatic carbocycles. The number of rotatable bonds is 6. The monoisotopic (exact) mass is 465 g/mol. The van der Waals surface area contributed by atoms with Crippen LogP contribution in [0.15, 0.2) is 24.8 Å². The van der Waals surface area contributed by atoms with Crippen LogP contribution in [0.4, 0.5) is 5.13 Å². The largest absolute Gasteiger partial charge is 0.394 e. The Morgan fingerprint density at radius 2 is 1.94 bits per heavy atom. The maximum Gasteiger partial charge on any atom is 0.216 e. The van der Waals surface area contributed by atoms with Crippen molar-refractivity contribution < 1.29 is 30.0 Å². The van der Waals surface area contributed by atoms with E-state index in [1.807, 2.05) is 0 Å². The summed E-state index contributed by atoms with van der Waals surface area (Å²) >= 11 is 2.24. The minimum Gasteiger partial charge on any atom is -0.394 e. The molecule has 0 spiro atoms. The van der Waals surface area contributed by atoms with E-state index in [1.54, 1.807) is 25.5 Å². The summed E-state index contributed by atoms with van der Waals surface area (Å²) in [5, 5.41) is 42.8. The Bertz CT molecular complexity index is 1060. The lowest BCUT2D eigenvalue weighted by atomic mass is 9.98. The van der Waals surface area contributed by atoms with Gasteiger partial charge in [-0.15, -0.1) is 11.3 Å². The van der Waals surface area contributed by atoms with Crippen molar-refractivity contribution in [3.8, 4) is 10.7 Å². The predicted molar refractivity (Wildman–Crippen MR) is 111 cm³/mol. The number of hydrogen-bond acceptors (Lipinski definition) is 13. The number of aliphatic hydroxyl groups is 4. The Labute approximate surface area is 184 Å². The fraction of sp³-hybridized carbons (Fsp3) is 0.389. The van der Waals surface area contributed by atoms with Crippen molar-refractivity contribution in [2.75, 3.05) is 11.9 Å².